The SMILES string of the molecule is C[C@@H](NC(=O)CSc1cccs1)c1ccncc1. The van der Waals surface area contributed by atoms with Gasteiger partial charge in [0.15, 0.2) is 0 Å². The minimum atomic E-state index is 0.0180. The zero-order chi connectivity index (χ0) is 12.8. The Morgan fingerprint density at radius 2 is 2.22 bits per heavy atom. The molecule has 0 aliphatic rings. The molecular weight excluding hydrogens is 264 g/mol. The lowest BCUT2D eigenvalue weighted by atomic mass is 10.1. The Balaban J connectivity index is 1.80. The minimum Gasteiger partial charge on any atom is -0.349 e. The number of thioether (sulfide) groups is 1. The first kappa shape index (κ1) is 13.1. The van der Waals surface area contributed by atoms with Gasteiger partial charge in [-0.15, -0.1) is 23.1 Å². The third-order valence-electron chi connectivity index (χ3n) is 2.42. The van der Waals surface area contributed by atoms with E-state index in [0.717, 1.165) is 5.56 Å². The maximum absolute atomic E-state index is 11.8. The lowest BCUT2D eigenvalue weighted by molar-refractivity contribution is -0.119. The number of nitrogens with one attached hydrogen (secondary N) is 1. The molecule has 0 radical (unpaired) electrons. The van der Waals surface area contributed by atoms with Gasteiger partial charge in [-0.25, -0.2) is 0 Å². The van der Waals surface area contributed by atoms with Crippen molar-refractivity contribution >= 4 is 29.0 Å². The van der Waals surface area contributed by atoms with Crippen LogP contribution in [0.25, 0.3) is 0 Å². The number of thiophene rings is 1. The molecule has 18 heavy (non-hydrogen) atoms. The third-order valence-corrected chi connectivity index (χ3v) is 4.56. The van der Waals surface area contributed by atoms with E-state index in [0.29, 0.717) is 5.75 Å². The molecule has 2 rings (SSSR count). The Morgan fingerprint density at radius 1 is 1.44 bits per heavy atom. The second kappa shape index (κ2) is 6.56. The van der Waals surface area contributed by atoms with E-state index in [1.165, 1.54) is 4.21 Å². The highest BCUT2D eigenvalue weighted by atomic mass is 32.2. The van der Waals surface area contributed by atoms with Gasteiger partial charge in [0.2, 0.25) is 5.91 Å². The van der Waals surface area contributed by atoms with E-state index in [-0.39, 0.29) is 11.9 Å². The van der Waals surface area contributed by atoms with E-state index >= 15 is 0 Å². The van der Waals surface area contributed by atoms with Crippen LogP contribution in [0.5, 0.6) is 0 Å². The second-order valence-corrected chi connectivity index (χ2v) is 6.01. The summed E-state index contributed by atoms with van der Waals surface area (Å²) in [4.78, 5) is 15.7. The molecule has 94 valence electrons. The molecule has 0 aliphatic carbocycles. The standard InChI is InChI=1S/C13H14N2OS2/c1-10(11-4-6-14-7-5-11)15-12(16)9-18-13-3-2-8-17-13/h2-8,10H,9H2,1H3,(H,15,16)/t10-/m1/s1. The number of amides is 1. The molecule has 2 heterocycles. The molecular formula is C13H14N2OS2. The van der Waals surface area contributed by atoms with Crippen LogP contribution in [-0.4, -0.2) is 16.6 Å². The van der Waals surface area contributed by atoms with Gasteiger partial charge in [-0.1, -0.05) is 6.07 Å². The molecule has 0 aliphatic heterocycles. The van der Waals surface area contributed by atoms with Crippen molar-refractivity contribution in [2.24, 2.45) is 0 Å². The molecule has 5 heteroatoms. The number of aromatic nitrogens is 1. The summed E-state index contributed by atoms with van der Waals surface area (Å²) in [6.07, 6.45) is 3.47. The molecule has 2 aromatic rings. The number of pyridine rings is 1. The van der Waals surface area contributed by atoms with E-state index in [9.17, 15) is 4.79 Å². The van der Waals surface area contributed by atoms with Crippen molar-refractivity contribution in [2.45, 2.75) is 17.2 Å². The fourth-order valence-corrected chi connectivity index (χ4v) is 3.10. The van der Waals surface area contributed by atoms with Gasteiger partial charge in [-0.05, 0) is 36.1 Å². The van der Waals surface area contributed by atoms with Crippen LogP contribution in [-0.2, 0) is 4.79 Å². The summed E-state index contributed by atoms with van der Waals surface area (Å²) < 4.78 is 1.17. The average Bonchev–Trinajstić information content (AvgIpc) is 2.90. The number of carbonyl (C=O) groups is 1. The number of rotatable bonds is 5. The summed E-state index contributed by atoms with van der Waals surface area (Å²) in [7, 11) is 0. The van der Waals surface area contributed by atoms with Gasteiger partial charge in [-0.3, -0.25) is 9.78 Å². The highest BCUT2D eigenvalue weighted by molar-refractivity contribution is 8.01. The lowest BCUT2D eigenvalue weighted by Gasteiger charge is -2.13. The summed E-state index contributed by atoms with van der Waals surface area (Å²) in [6, 6.07) is 7.86. The van der Waals surface area contributed by atoms with Crippen LogP contribution in [0.15, 0.2) is 46.2 Å². The zero-order valence-electron chi connectivity index (χ0n) is 10.00. The largest absolute Gasteiger partial charge is 0.349 e. The maximum Gasteiger partial charge on any atom is 0.230 e. The number of nitrogens with zero attached hydrogens (tertiary/aromatic N) is 1. The predicted octanol–water partition coefficient (Wildman–Crippen LogP) is 3.11. The molecule has 0 unspecified atom stereocenters. The Hall–Kier alpha value is -1.33. The molecule has 0 saturated heterocycles. The Bertz CT molecular complexity index is 485. The van der Waals surface area contributed by atoms with E-state index in [4.69, 9.17) is 0 Å². The second-order valence-electron chi connectivity index (χ2n) is 3.79. The molecule has 0 spiro atoms. The molecule has 1 amide bonds. The van der Waals surface area contributed by atoms with Crippen LogP contribution in [0, 0.1) is 0 Å². The van der Waals surface area contributed by atoms with Crippen LogP contribution in [0.2, 0.25) is 0 Å². The van der Waals surface area contributed by atoms with Crippen LogP contribution < -0.4 is 5.32 Å². The number of carbonyl (C=O) groups excluding carboxylic acids is 1. The van der Waals surface area contributed by atoms with Gasteiger partial charge < -0.3 is 5.32 Å². The molecule has 0 saturated carbocycles. The lowest BCUT2D eigenvalue weighted by Crippen LogP contribution is -2.28. The molecule has 1 N–H and O–H groups in total. The third kappa shape index (κ3) is 3.85. The van der Waals surface area contributed by atoms with Crippen LogP contribution >= 0.6 is 23.1 Å². The Labute approximate surface area is 115 Å². The maximum atomic E-state index is 11.8. The van der Waals surface area contributed by atoms with Gasteiger partial charge in [0.25, 0.3) is 0 Å². The molecule has 3 nitrogen and oxygen atoms in total. The van der Waals surface area contributed by atoms with Crippen molar-refractivity contribution in [1.82, 2.24) is 10.3 Å². The van der Waals surface area contributed by atoms with Crippen LogP contribution in [0.1, 0.15) is 18.5 Å². The highest BCUT2D eigenvalue weighted by Crippen LogP contribution is 2.23. The number of hydrogen-bond acceptors (Lipinski definition) is 4. The summed E-state index contributed by atoms with van der Waals surface area (Å²) in [6.45, 7) is 1.98. The predicted molar refractivity (Wildman–Crippen MR) is 75.8 cm³/mol. The van der Waals surface area contributed by atoms with Crippen LogP contribution in [0.4, 0.5) is 0 Å². The van der Waals surface area contributed by atoms with Gasteiger partial charge in [0.05, 0.1) is 16.0 Å². The van der Waals surface area contributed by atoms with Crippen molar-refractivity contribution in [3.63, 3.8) is 0 Å². The fraction of sp³-hybridized carbons (Fsp3) is 0.231. The van der Waals surface area contributed by atoms with Crippen molar-refractivity contribution in [2.75, 3.05) is 5.75 Å². The Kier molecular flexibility index (Phi) is 4.78. The first-order valence-corrected chi connectivity index (χ1v) is 7.48. The van der Waals surface area contributed by atoms with E-state index in [1.807, 2.05) is 36.6 Å². The quantitative estimate of drug-likeness (QED) is 0.854. The molecule has 0 fully saturated rings. The first-order valence-electron chi connectivity index (χ1n) is 5.61. The van der Waals surface area contributed by atoms with Gasteiger partial charge in [0, 0.05) is 12.4 Å². The van der Waals surface area contributed by atoms with Gasteiger partial charge >= 0.3 is 0 Å². The summed E-state index contributed by atoms with van der Waals surface area (Å²) in [5.74, 6) is 0.508. The monoisotopic (exact) mass is 278 g/mol. The topological polar surface area (TPSA) is 42.0 Å². The average molecular weight is 278 g/mol. The summed E-state index contributed by atoms with van der Waals surface area (Å²) >= 11 is 3.22. The molecule has 0 aromatic carbocycles. The first-order chi connectivity index (χ1) is 8.75. The van der Waals surface area contributed by atoms with Crippen molar-refractivity contribution < 1.29 is 4.79 Å². The van der Waals surface area contributed by atoms with Gasteiger partial charge in [0.1, 0.15) is 0 Å². The molecule has 1 atom stereocenters. The smallest absolute Gasteiger partial charge is 0.230 e. The number of hydrogen-bond donors (Lipinski definition) is 1. The normalized spacial score (nSPS) is 12.1. The fourth-order valence-electron chi connectivity index (χ4n) is 1.50. The van der Waals surface area contributed by atoms with E-state index < -0.39 is 0 Å². The summed E-state index contributed by atoms with van der Waals surface area (Å²) in [5, 5.41) is 4.99. The van der Waals surface area contributed by atoms with Gasteiger partial charge in [-0.2, -0.15) is 0 Å². The van der Waals surface area contributed by atoms with Crippen molar-refractivity contribution in [1.29, 1.82) is 0 Å². The van der Waals surface area contributed by atoms with Crippen molar-refractivity contribution in [3.8, 4) is 0 Å². The minimum absolute atomic E-state index is 0.0180. The Morgan fingerprint density at radius 3 is 2.89 bits per heavy atom. The van der Waals surface area contributed by atoms with Crippen LogP contribution in [0.3, 0.4) is 0 Å². The van der Waals surface area contributed by atoms with E-state index in [1.54, 1.807) is 35.5 Å². The van der Waals surface area contributed by atoms with Crippen molar-refractivity contribution in [3.05, 3.63) is 47.6 Å². The zero-order valence-corrected chi connectivity index (χ0v) is 11.6. The highest BCUT2D eigenvalue weighted by Gasteiger charge is 2.09. The molecule has 0 bridgehead atoms. The van der Waals surface area contributed by atoms with E-state index in [2.05, 4.69) is 10.3 Å². The summed E-state index contributed by atoms with van der Waals surface area (Å²) in [5.41, 5.74) is 1.07. The molecule has 2 aromatic heterocycles.